The van der Waals surface area contributed by atoms with Crippen molar-refractivity contribution in [2.24, 2.45) is 17.4 Å². The number of carbonyl (C=O) groups excluding carboxylic acids is 1. The van der Waals surface area contributed by atoms with Crippen LogP contribution in [0, 0.1) is 5.92 Å². The van der Waals surface area contributed by atoms with Gasteiger partial charge in [-0.05, 0) is 39.7 Å². The largest absolute Gasteiger partial charge is 0.393 e. The second kappa shape index (κ2) is 5.66. The first-order valence-corrected chi connectivity index (χ1v) is 6.43. The molecule has 3 atom stereocenters. The van der Waals surface area contributed by atoms with E-state index in [0.29, 0.717) is 13.0 Å². The summed E-state index contributed by atoms with van der Waals surface area (Å²) < 4.78 is 38.2. The molecule has 0 aromatic carbocycles. The molecule has 0 spiro atoms. The highest BCUT2D eigenvalue weighted by molar-refractivity contribution is 5.83. The fourth-order valence-corrected chi connectivity index (χ4v) is 2.52. The molecule has 1 aliphatic rings. The summed E-state index contributed by atoms with van der Waals surface area (Å²) in [5, 5.41) is 0. The zero-order chi connectivity index (χ0) is 14.8. The highest BCUT2D eigenvalue weighted by Crippen LogP contribution is 2.34. The molecule has 1 fully saturated rings. The van der Waals surface area contributed by atoms with Crippen LogP contribution in [-0.2, 0) is 4.79 Å². The second-order valence-electron chi connectivity index (χ2n) is 5.71. The van der Waals surface area contributed by atoms with E-state index in [9.17, 15) is 18.0 Å². The quantitative estimate of drug-likeness (QED) is 0.814. The molecule has 0 radical (unpaired) electrons. The van der Waals surface area contributed by atoms with Crippen molar-refractivity contribution in [3.05, 3.63) is 0 Å². The molecule has 0 aromatic heterocycles. The van der Waals surface area contributed by atoms with Gasteiger partial charge in [-0.2, -0.15) is 13.2 Å². The third-order valence-electron chi connectivity index (χ3n) is 3.82. The van der Waals surface area contributed by atoms with Gasteiger partial charge in [0.05, 0.1) is 11.5 Å². The molecule has 7 heteroatoms. The van der Waals surface area contributed by atoms with Crippen LogP contribution in [0.1, 0.15) is 33.1 Å². The van der Waals surface area contributed by atoms with Crippen LogP contribution >= 0.6 is 0 Å². The topological polar surface area (TPSA) is 72.3 Å². The molecule has 0 bridgehead atoms. The molecule has 4 nitrogen and oxygen atoms in total. The third-order valence-corrected chi connectivity index (χ3v) is 3.82. The normalized spacial score (nSPS) is 26.7. The lowest BCUT2D eigenvalue weighted by molar-refractivity contribution is -0.188. The molecule has 1 saturated heterocycles. The van der Waals surface area contributed by atoms with Gasteiger partial charge in [0.25, 0.3) is 0 Å². The van der Waals surface area contributed by atoms with E-state index in [1.54, 1.807) is 11.8 Å². The van der Waals surface area contributed by atoms with Crippen LogP contribution in [0.3, 0.4) is 0 Å². The molecule has 0 aromatic rings. The summed E-state index contributed by atoms with van der Waals surface area (Å²) >= 11 is 0. The first-order chi connectivity index (χ1) is 8.54. The number of nitrogens with two attached hydrogens (primary N) is 2. The number of amides is 1. The number of likely N-dealkylation sites (tertiary alicyclic amines) is 1. The number of primary amides is 1. The van der Waals surface area contributed by atoms with E-state index in [4.69, 9.17) is 11.5 Å². The average molecular weight is 281 g/mol. The van der Waals surface area contributed by atoms with E-state index in [0.717, 1.165) is 0 Å². The number of rotatable bonds is 4. The third kappa shape index (κ3) is 4.35. The number of halogens is 3. The minimum absolute atomic E-state index is 0.0283. The minimum atomic E-state index is -4.16. The number of carbonyl (C=O) groups is 1. The lowest BCUT2D eigenvalue weighted by atomic mass is 9.90. The SMILES string of the molecule is CC(CC(C)(N)C(N)=O)N1CCCC(C(F)(F)F)C1. The van der Waals surface area contributed by atoms with E-state index < -0.39 is 23.5 Å². The highest BCUT2D eigenvalue weighted by atomic mass is 19.4. The van der Waals surface area contributed by atoms with Crippen molar-refractivity contribution in [2.75, 3.05) is 13.1 Å². The van der Waals surface area contributed by atoms with Crippen molar-refractivity contribution >= 4 is 5.91 Å². The molecule has 0 saturated carbocycles. The van der Waals surface area contributed by atoms with Crippen molar-refractivity contribution in [3.8, 4) is 0 Å². The van der Waals surface area contributed by atoms with Gasteiger partial charge in [-0.15, -0.1) is 0 Å². The Morgan fingerprint density at radius 2 is 2.05 bits per heavy atom. The van der Waals surface area contributed by atoms with E-state index >= 15 is 0 Å². The summed E-state index contributed by atoms with van der Waals surface area (Å²) in [6.45, 7) is 3.87. The zero-order valence-corrected chi connectivity index (χ0v) is 11.3. The fraction of sp³-hybridized carbons (Fsp3) is 0.917. The van der Waals surface area contributed by atoms with Crippen molar-refractivity contribution in [1.82, 2.24) is 4.90 Å². The summed E-state index contributed by atoms with van der Waals surface area (Å²) in [7, 11) is 0. The van der Waals surface area contributed by atoms with Gasteiger partial charge in [-0.3, -0.25) is 9.69 Å². The Balaban J connectivity index is 2.62. The summed E-state index contributed by atoms with van der Waals surface area (Å²) in [6.07, 6.45) is -3.23. The smallest absolute Gasteiger partial charge is 0.368 e. The lowest BCUT2D eigenvalue weighted by Gasteiger charge is -2.39. The zero-order valence-electron chi connectivity index (χ0n) is 11.3. The van der Waals surface area contributed by atoms with Crippen LogP contribution in [0.2, 0.25) is 0 Å². The van der Waals surface area contributed by atoms with Crippen LogP contribution in [0.25, 0.3) is 0 Å². The average Bonchev–Trinajstić information content (AvgIpc) is 2.27. The van der Waals surface area contributed by atoms with Crippen molar-refractivity contribution in [1.29, 1.82) is 0 Å². The Bertz CT molecular complexity index is 331. The lowest BCUT2D eigenvalue weighted by Crippen LogP contribution is -2.55. The maximum absolute atomic E-state index is 12.7. The summed E-state index contributed by atoms with van der Waals surface area (Å²) in [4.78, 5) is 12.9. The first-order valence-electron chi connectivity index (χ1n) is 6.43. The summed E-state index contributed by atoms with van der Waals surface area (Å²) in [6, 6.07) is -0.201. The number of nitrogens with zero attached hydrogens (tertiary/aromatic N) is 1. The van der Waals surface area contributed by atoms with Gasteiger partial charge in [-0.1, -0.05) is 0 Å². The number of hydrogen-bond acceptors (Lipinski definition) is 3. The standard InChI is InChI=1S/C12H22F3N3O/c1-8(6-11(2,17)10(16)19)18-5-3-4-9(7-18)12(13,14)15/h8-9H,3-7,17H2,1-2H3,(H2,16,19). The van der Waals surface area contributed by atoms with E-state index in [-0.39, 0.29) is 25.4 Å². The predicted octanol–water partition coefficient (Wildman–Crippen LogP) is 1.24. The Morgan fingerprint density at radius 1 is 1.47 bits per heavy atom. The molecule has 0 aliphatic carbocycles. The second-order valence-corrected chi connectivity index (χ2v) is 5.71. The fourth-order valence-electron chi connectivity index (χ4n) is 2.52. The maximum atomic E-state index is 12.7. The molecule has 1 amide bonds. The Kier molecular flexibility index (Phi) is 4.84. The summed E-state index contributed by atoms with van der Waals surface area (Å²) in [5.41, 5.74) is 9.76. The van der Waals surface area contributed by atoms with Gasteiger partial charge >= 0.3 is 6.18 Å². The predicted molar refractivity (Wildman–Crippen MR) is 66.2 cm³/mol. The molecular weight excluding hydrogens is 259 g/mol. The van der Waals surface area contributed by atoms with Gasteiger partial charge in [0.15, 0.2) is 0 Å². The van der Waals surface area contributed by atoms with Gasteiger partial charge < -0.3 is 11.5 Å². The van der Waals surface area contributed by atoms with E-state index in [1.807, 2.05) is 0 Å². The highest BCUT2D eigenvalue weighted by Gasteiger charge is 2.43. The van der Waals surface area contributed by atoms with Crippen molar-refractivity contribution in [2.45, 2.75) is 50.9 Å². The van der Waals surface area contributed by atoms with Crippen molar-refractivity contribution < 1.29 is 18.0 Å². The van der Waals surface area contributed by atoms with E-state index in [2.05, 4.69) is 0 Å². The van der Waals surface area contributed by atoms with Crippen molar-refractivity contribution in [3.63, 3.8) is 0 Å². The summed E-state index contributed by atoms with van der Waals surface area (Å²) in [5.74, 6) is -1.93. The minimum Gasteiger partial charge on any atom is -0.368 e. The molecule has 1 aliphatic heterocycles. The maximum Gasteiger partial charge on any atom is 0.393 e. The van der Waals surface area contributed by atoms with Crippen LogP contribution in [-0.4, -0.2) is 41.7 Å². The van der Waals surface area contributed by atoms with Gasteiger partial charge in [0.1, 0.15) is 0 Å². The Labute approximate surface area is 111 Å². The molecular formula is C12H22F3N3O. The Morgan fingerprint density at radius 3 is 2.53 bits per heavy atom. The molecule has 112 valence electrons. The molecule has 1 heterocycles. The van der Waals surface area contributed by atoms with E-state index in [1.165, 1.54) is 6.92 Å². The first kappa shape index (κ1) is 16.2. The molecule has 4 N–H and O–H groups in total. The molecule has 3 unspecified atom stereocenters. The van der Waals surface area contributed by atoms with Crippen LogP contribution in [0.15, 0.2) is 0 Å². The molecule has 19 heavy (non-hydrogen) atoms. The number of hydrogen-bond donors (Lipinski definition) is 2. The number of alkyl halides is 3. The van der Waals surface area contributed by atoms with Crippen LogP contribution in [0.4, 0.5) is 13.2 Å². The molecule has 1 rings (SSSR count). The monoisotopic (exact) mass is 281 g/mol. The van der Waals surface area contributed by atoms with Crippen LogP contribution < -0.4 is 11.5 Å². The number of piperidine rings is 1. The van der Waals surface area contributed by atoms with Gasteiger partial charge in [0.2, 0.25) is 5.91 Å². The van der Waals surface area contributed by atoms with Gasteiger partial charge in [-0.25, -0.2) is 0 Å². The van der Waals surface area contributed by atoms with Gasteiger partial charge in [0, 0.05) is 12.6 Å². The Hall–Kier alpha value is -0.820. The van der Waals surface area contributed by atoms with Crippen LogP contribution in [0.5, 0.6) is 0 Å².